The molecule has 98 valence electrons. The number of hydrogen-bond donors (Lipinski definition) is 1. The van der Waals surface area contributed by atoms with Crippen molar-refractivity contribution in [2.45, 2.75) is 19.3 Å². The molecule has 1 N–H and O–H groups in total. The topological polar surface area (TPSA) is 90.2 Å². The lowest BCUT2D eigenvalue weighted by Gasteiger charge is -2.04. The van der Waals surface area contributed by atoms with Gasteiger partial charge in [0, 0.05) is 19.8 Å². The maximum atomic E-state index is 10.4. The van der Waals surface area contributed by atoms with E-state index >= 15 is 0 Å². The monoisotopic (exact) mass is 252 g/mol. The number of nitrogens with zero attached hydrogens (tertiary/aromatic N) is 3. The van der Waals surface area contributed by atoms with Gasteiger partial charge in [-0.2, -0.15) is 0 Å². The number of aromatic nitrogens is 2. The summed E-state index contributed by atoms with van der Waals surface area (Å²) < 4.78 is 5.48. The Labute approximate surface area is 105 Å². The highest BCUT2D eigenvalue weighted by Crippen LogP contribution is 2.28. The van der Waals surface area contributed by atoms with E-state index in [9.17, 15) is 10.1 Å². The lowest BCUT2D eigenvalue weighted by Crippen LogP contribution is -2.09. The van der Waals surface area contributed by atoms with Crippen LogP contribution in [0.4, 0.5) is 11.6 Å². The maximum Gasteiger partial charge on any atom is 0.305 e. The summed E-state index contributed by atoms with van der Waals surface area (Å²) in [7, 11) is 0. The molecule has 7 nitrogen and oxygen atoms in total. The van der Waals surface area contributed by atoms with Gasteiger partial charge in [-0.3, -0.25) is 10.1 Å². The van der Waals surface area contributed by atoms with Crippen LogP contribution < -0.4 is 5.32 Å². The number of nitrogens with one attached hydrogen (secondary N) is 1. The number of hydrogen-bond acceptors (Lipinski definition) is 6. The fraction of sp³-hybridized carbons (Fsp3) is 0.636. The van der Waals surface area contributed by atoms with E-state index in [4.69, 9.17) is 4.74 Å². The molecular weight excluding hydrogens is 236 g/mol. The van der Waals surface area contributed by atoms with Gasteiger partial charge in [0.2, 0.25) is 5.95 Å². The fourth-order valence-electron chi connectivity index (χ4n) is 1.42. The van der Waals surface area contributed by atoms with Gasteiger partial charge in [0.25, 0.3) is 0 Å². The first-order chi connectivity index (χ1) is 8.75. The first-order valence-corrected chi connectivity index (χ1v) is 6.04. The Morgan fingerprint density at radius 2 is 2.17 bits per heavy atom. The molecule has 0 aliphatic heterocycles. The first-order valence-electron chi connectivity index (χ1n) is 6.04. The van der Waals surface area contributed by atoms with Crippen molar-refractivity contribution in [3.63, 3.8) is 0 Å². The van der Waals surface area contributed by atoms with Gasteiger partial charge in [0.15, 0.2) is 0 Å². The molecule has 1 heterocycles. The van der Waals surface area contributed by atoms with Crippen molar-refractivity contribution < 1.29 is 9.66 Å². The van der Waals surface area contributed by atoms with Crippen LogP contribution in [0.25, 0.3) is 0 Å². The second-order valence-corrected chi connectivity index (χ2v) is 4.32. The predicted octanol–water partition coefficient (Wildman–Crippen LogP) is 1.61. The van der Waals surface area contributed by atoms with Crippen molar-refractivity contribution in [2.75, 3.05) is 25.1 Å². The number of anilines is 1. The van der Waals surface area contributed by atoms with Crippen LogP contribution in [0, 0.1) is 16.0 Å². The molecule has 1 fully saturated rings. The number of ether oxygens (including phenoxy) is 1. The van der Waals surface area contributed by atoms with Gasteiger partial charge >= 0.3 is 5.69 Å². The zero-order valence-electron chi connectivity index (χ0n) is 10.0. The Morgan fingerprint density at radius 3 is 2.78 bits per heavy atom. The molecule has 1 aliphatic rings. The van der Waals surface area contributed by atoms with E-state index in [1.807, 2.05) is 0 Å². The lowest BCUT2D eigenvalue weighted by molar-refractivity contribution is -0.385. The summed E-state index contributed by atoms with van der Waals surface area (Å²) in [6.07, 6.45) is 5.86. The molecule has 0 amide bonds. The summed E-state index contributed by atoms with van der Waals surface area (Å²) in [5, 5.41) is 13.4. The van der Waals surface area contributed by atoms with Crippen LogP contribution >= 0.6 is 0 Å². The smallest absolute Gasteiger partial charge is 0.305 e. The quantitative estimate of drug-likeness (QED) is 0.429. The normalized spacial score (nSPS) is 14.4. The molecule has 0 unspecified atom stereocenters. The summed E-state index contributed by atoms with van der Waals surface area (Å²) >= 11 is 0. The molecule has 0 aromatic carbocycles. The van der Waals surface area contributed by atoms with Crippen molar-refractivity contribution in [1.29, 1.82) is 0 Å². The fourth-order valence-corrected chi connectivity index (χ4v) is 1.42. The van der Waals surface area contributed by atoms with E-state index < -0.39 is 4.92 Å². The molecule has 1 aliphatic carbocycles. The van der Waals surface area contributed by atoms with E-state index in [1.165, 1.54) is 25.2 Å². The maximum absolute atomic E-state index is 10.4. The first kappa shape index (κ1) is 12.7. The molecule has 1 saturated carbocycles. The minimum absolute atomic E-state index is 0.103. The molecule has 1 aromatic heterocycles. The summed E-state index contributed by atoms with van der Waals surface area (Å²) in [5.74, 6) is 1.19. The zero-order valence-corrected chi connectivity index (χ0v) is 10.0. The minimum atomic E-state index is -0.518. The van der Waals surface area contributed by atoms with Crippen LogP contribution in [-0.2, 0) is 4.74 Å². The average molecular weight is 252 g/mol. The predicted molar refractivity (Wildman–Crippen MR) is 65.3 cm³/mol. The molecule has 1 aromatic rings. The molecule has 2 rings (SSSR count). The second-order valence-electron chi connectivity index (χ2n) is 4.32. The zero-order chi connectivity index (χ0) is 12.8. The Morgan fingerprint density at radius 1 is 1.44 bits per heavy atom. The third kappa shape index (κ3) is 4.25. The van der Waals surface area contributed by atoms with Crippen LogP contribution in [0.15, 0.2) is 12.4 Å². The Hall–Kier alpha value is -1.76. The van der Waals surface area contributed by atoms with Crippen molar-refractivity contribution in [3.8, 4) is 0 Å². The van der Waals surface area contributed by atoms with E-state index in [2.05, 4.69) is 15.3 Å². The number of rotatable bonds is 8. The molecule has 0 saturated heterocycles. The largest absolute Gasteiger partial charge is 0.381 e. The molecular formula is C11H16N4O3. The standard InChI is InChI=1S/C11H16N4O3/c16-15(17)10-6-13-11(14-7-10)12-4-1-5-18-8-9-2-3-9/h6-7,9H,1-5,8H2,(H,12,13,14). The third-order valence-corrected chi connectivity index (χ3v) is 2.65. The van der Waals surface area contributed by atoms with Gasteiger partial charge in [-0.25, -0.2) is 9.97 Å². The summed E-state index contributed by atoms with van der Waals surface area (Å²) in [6, 6.07) is 0. The van der Waals surface area contributed by atoms with Crippen molar-refractivity contribution >= 4 is 11.6 Å². The van der Waals surface area contributed by atoms with Crippen LogP contribution in [0.3, 0.4) is 0 Å². The van der Waals surface area contributed by atoms with Crippen LogP contribution in [0.5, 0.6) is 0 Å². The third-order valence-electron chi connectivity index (χ3n) is 2.65. The minimum Gasteiger partial charge on any atom is -0.381 e. The van der Waals surface area contributed by atoms with Gasteiger partial charge in [-0.1, -0.05) is 0 Å². The van der Waals surface area contributed by atoms with Gasteiger partial charge in [-0.15, -0.1) is 0 Å². The van der Waals surface area contributed by atoms with Gasteiger partial charge in [0.05, 0.1) is 4.92 Å². The highest BCUT2D eigenvalue weighted by atomic mass is 16.6. The summed E-state index contributed by atoms with van der Waals surface area (Å²) in [5.41, 5.74) is -0.103. The Kier molecular flexibility index (Phi) is 4.40. The molecule has 18 heavy (non-hydrogen) atoms. The van der Waals surface area contributed by atoms with Crippen LogP contribution in [0.2, 0.25) is 0 Å². The summed E-state index contributed by atoms with van der Waals surface area (Å²) in [6.45, 7) is 2.28. The van der Waals surface area contributed by atoms with Crippen LogP contribution in [0.1, 0.15) is 19.3 Å². The lowest BCUT2D eigenvalue weighted by atomic mass is 10.4. The highest BCUT2D eigenvalue weighted by Gasteiger charge is 2.20. The average Bonchev–Trinajstić information content (AvgIpc) is 3.18. The van der Waals surface area contributed by atoms with Crippen molar-refractivity contribution in [2.24, 2.45) is 5.92 Å². The number of nitro groups is 1. The molecule has 0 spiro atoms. The molecule has 0 radical (unpaired) electrons. The van der Waals surface area contributed by atoms with Crippen LogP contribution in [-0.4, -0.2) is 34.6 Å². The van der Waals surface area contributed by atoms with E-state index in [0.29, 0.717) is 12.5 Å². The highest BCUT2D eigenvalue weighted by molar-refractivity contribution is 5.30. The Bertz CT molecular complexity index is 392. The van der Waals surface area contributed by atoms with E-state index in [0.717, 1.165) is 25.6 Å². The van der Waals surface area contributed by atoms with E-state index in [1.54, 1.807) is 0 Å². The Balaban J connectivity index is 1.58. The molecule has 0 bridgehead atoms. The molecule has 7 heteroatoms. The summed E-state index contributed by atoms with van der Waals surface area (Å²) in [4.78, 5) is 17.6. The SMILES string of the molecule is O=[N+]([O-])c1cnc(NCCCOCC2CC2)nc1. The van der Waals surface area contributed by atoms with Gasteiger partial charge in [-0.05, 0) is 25.2 Å². The molecule has 0 atom stereocenters. The van der Waals surface area contributed by atoms with E-state index in [-0.39, 0.29) is 5.69 Å². The van der Waals surface area contributed by atoms with Crippen molar-refractivity contribution in [3.05, 3.63) is 22.5 Å². The van der Waals surface area contributed by atoms with Gasteiger partial charge < -0.3 is 10.1 Å². The second kappa shape index (κ2) is 6.25. The van der Waals surface area contributed by atoms with Gasteiger partial charge in [0.1, 0.15) is 12.4 Å². The van der Waals surface area contributed by atoms with Crippen molar-refractivity contribution in [1.82, 2.24) is 9.97 Å².